The Morgan fingerprint density at radius 1 is 1.31 bits per heavy atom. The van der Waals surface area contributed by atoms with Gasteiger partial charge in [0.1, 0.15) is 11.6 Å². The molecule has 1 aliphatic rings. The van der Waals surface area contributed by atoms with Crippen LogP contribution in [0.25, 0.3) is 0 Å². The van der Waals surface area contributed by atoms with E-state index >= 15 is 0 Å². The van der Waals surface area contributed by atoms with Crippen LogP contribution in [0.2, 0.25) is 0 Å². The number of hydrogen-bond acceptors (Lipinski definition) is 6. The number of benzene rings is 1. The molecule has 0 fully saturated rings. The number of allylic oxidation sites excluding steroid dienone is 2. The molecule has 132 valence electrons. The first-order valence-electron chi connectivity index (χ1n) is 8.21. The molecule has 0 bridgehead atoms. The number of anilines is 1. The topological polar surface area (TPSA) is 95.9 Å². The minimum absolute atomic E-state index is 0.394. The largest absolute Gasteiger partial charge is 0.496 e. The van der Waals surface area contributed by atoms with Crippen molar-refractivity contribution in [2.45, 2.75) is 19.8 Å². The highest BCUT2D eigenvalue weighted by molar-refractivity contribution is 5.69. The van der Waals surface area contributed by atoms with Crippen LogP contribution >= 0.6 is 0 Å². The average Bonchev–Trinajstić information content (AvgIpc) is 2.95. The lowest BCUT2D eigenvalue weighted by molar-refractivity contribution is 0.319. The molecule has 1 aromatic heterocycles. The van der Waals surface area contributed by atoms with Gasteiger partial charge in [-0.1, -0.05) is 6.07 Å². The molecule has 1 aliphatic heterocycles. The molecule has 3 rings (SSSR count). The Hall–Kier alpha value is -3.45. The van der Waals surface area contributed by atoms with Gasteiger partial charge in [0.2, 0.25) is 5.88 Å². The highest BCUT2D eigenvalue weighted by Crippen LogP contribution is 2.48. The molecule has 0 saturated heterocycles. The second-order valence-electron chi connectivity index (χ2n) is 5.90. The third-order valence-corrected chi connectivity index (χ3v) is 4.41. The van der Waals surface area contributed by atoms with Crippen molar-refractivity contribution in [3.8, 4) is 23.8 Å². The maximum absolute atomic E-state index is 9.80. The third-order valence-electron chi connectivity index (χ3n) is 4.41. The van der Waals surface area contributed by atoms with Gasteiger partial charge in [-0.15, -0.1) is 5.10 Å². The van der Waals surface area contributed by atoms with Gasteiger partial charge in [-0.25, -0.2) is 4.68 Å². The summed E-state index contributed by atoms with van der Waals surface area (Å²) in [6, 6.07) is 9.64. The van der Waals surface area contributed by atoms with Gasteiger partial charge in [0.15, 0.2) is 0 Å². The second-order valence-corrected chi connectivity index (χ2v) is 5.90. The molecule has 1 N–H and O–H groups in total. The first-order valence-corrected chi connectivity index (χ1v) is 8.21. The Bertz CT molecular complexity index is 975. The average molecular weight is 349 g/mol. The molecular weight excluding hydrogens is 330 g/mol. The van der Waals surface area contributed by atoms with E-state index in [1.54, 1.807) is 23.9 Å². The fraction of sp³-hybridized carbons (Fsp3) is 0.316. The van der Waals surface area contributed by atoms with Crippen LogP contribution in [0.1, 0.15) is 36.5 Å². The van der Waals surface area contributed by atoms with Crippen LogP contribution < -0.4 is 14.8 Å². The molecule has 1 aromatic carbocycles. The first-order chi connectivity index (χ1) is 12.5. The highest BCUT2D eigenvalue weighted by Gasteiger charge is 2.36. The number of fused-ring (bicyclic) bond motifs is 1. The summed E-state index contributed by atoms with van der Waals surface area (Å²) < 4.78 is 13.0. The van der Waals surface area contributed by atoms with Crippen LogP contribution in [0.5, 0.6) is 11.6 Å². The van der Waals surface area contributed by atoms with Crippen LogP contribution in [0.4, 0.5) is 5.82 Å². The molecule has 1 atom stereocenters. The predicted molar refractivity (Wildman–Crippen MR) is 95.9 cm³/mol. The fourth-order valence-electron chi connectivity index (χ4n) is 3.25. The number of ether oxygens (including phenoxy) is 2. The third kappa shape index (κ3) is 2.64. The number of aromatic nitrogens is 2. The zero-order valence-electron chi connectivity index (χ0n) is 15.1. The Balaban J connectivity index is 2.30. The summed E-state index contributed by atoms with van der Waals surface area (Å²) in [6.45, 7) is 4.21. The van der Waals surface area contributed by atoms with E-state index in [1.165, 1.54) is 0 Å². The molecular formula is C19H19N5O2. The Labute approximate surface area is 152 Å². The first kappa shape index (κ1) is 17.4. The lowest BCUT2D eigenvalue weighted by Crippen LogP contribution is -2.18. The zero-order valence-corrected chi connectivity index (χ0v) is 15.1. The molecule has 2 heterocycles. The number of rotatable bonds is 4. The number of nitrogens with zero attached hydrogens (tertiary/aromatic N) is 4. The van der Waals surface area contributed by atoms with Gasteiger partial charge in [-0.05, 0) is 26.0 Å². The van der Waals surface area contributed by atoms with Gasteiger partial charge in [-0.3, -0.25) is 0 Å². The van der Waals surface area contributed by atoms with Crippen LogP contribution in [0, 0.1) is 22.7 Å². The van der Waals surface area contributed by atoms with Crippen molar-refractivity contribution < 1.29 is 9.47 Å². The molecule has 1 unspecified atom stereocenters. The molecule has 26 heavy (non-hydrogen) atoms. The van der Waals surface area contributed by atoms with E-state index in [9.17, 15) is 5.26 Å². The molecule has 0 amide bonds. The van der Waals surface area contributed by atoms with E-state index in [-0.39, 0.29) is 0 Å². The van der Waals surface area contributed by atoms with E-state index in [4.69, 9.17) is 14.7 Å². The highest BCUT2D eigenvalue weighted by atomic mass is 16.5. The number of aryl methyl sites for hydroxylation is 1. The number of hydrogen-bond donors (Lipinski definition) is 1. The summed E-state index contributed by atoms with van der Waals surface area (Å²) in [5.74, 6) is 1.42. The van der Waals surface area contributed by atoms with Crippen molar-refractivity contribution in [3.63, 3.8) is 0 Å². The van der Waals surface area contributed by atoms with E-state index in [0.29, 0.717) is 29.4 Å². The molecule has 7 heteroatoms. The SMILES string of the molecule is CCOc1nn(C)c2c1C(c1ccc(C#N)cc1OC)C(C#N)=C(C)N2. The zero-order chi connectivity index (χ0) is 18.8. The molecule has 0 saturated carbocycles. The fourth-order valence-corrected chi connectivity index (χ4v) is 3.25. The molecule has 7 nitrogen and oxygen atoms in total. The van der Waals surface area contributed by atoms with E-state index < -0.39 is 5.92 Å². The van der Waals surface area contributed by atoms with Gasteiger partial charge in [0.05, 0.1) is 48.5 Å². The maximum atomic E-state index is 9.80. The van der Waals surface area contributed by atoms with Crippen LogP contribution in [-0.2, 0) is 7.05 Å². The number of nitriles is 2. The smallest absolute Gasteiger partial charge is 0.239 e. The summed E-state index contributed by atoms with van der Waals surface area (Å²) in [7, 11) is 3.38. The summed E-state index contributed by atoms with van der Waals surface area (Å²) in [6.07, 6.45) is 0. The lowest BCUT2D eigenvalue weighted by Gasteiger charge is -2.27. The van der Waals surface area contributed by atoms with Crippen LogP contribution in [0.3, 0.4) is 0 Å². The predicted octanol–water partition coefficient (Wildman–Crippen LogP) is 3.05. The van der Waals surface area contributed by atoms with Crippen molar-refractivity contribution in [2.75, 3.05) is 19.0 Å². The van der Waals surface area contributed by atoms with Crippen molar-refractivity contribution in [2.24, 2.45) is 7.05 Å². The minimum Gasteiger partial charge on any atom is -0.496 e. The quantitative estimate of drug-likeness (QED) is 0.911. The summed E-state index contributed by atoms with van der Waals surface area (Å²) in [5.41, 5.74) is 3.39. The summed E-state index contributed by atoms with van der Waals surface area (Å²) >= 11 is 0. The monoisotopic (exact) mass is 349 g/mol. The minimum atomic E-state index is -0.394. The van der Waals surface area contributed by atoms with Crippen molar-refractivity contribution in [3.05, 3.63) is 46.2 Å². The standard InChI is InChI=1S/C19H19N5O2/c1-5-26-19-17-16(13-7-6-12(9-20)8-15(13)25-4)14(10-21)11(2)22-18(17)24(3)23-19/h6-8,16,22H,5H2,1-4H3. The van der Waals surface area contributed by atoms with Crippen molar-refractivity contribution >= 4 is 5.82 Å². The van der Waals surface area contributed by atoms with E-state index in [0.717, 1.165) is 22.6 Å². The molecule has 0 aliphatic carbocycles. The number of methoxy groups -OCH3 is 1. The summed E-state index contributed by atoms with van der Waals surface area (Å²) in [5, 5.41) is 26.7. The van der Waals surface area contributed by atoms with Gasteiger partial charge in [0, 0.05) is 18.3 Å². The number of nitrogens with one attached hydrogen (secondary N) is 1. The van der Waals surface area contributed by atoms with E-state index in [1.807, 2.05) is 27.0 Å². The molecule has 0 radical (unpaired) electrons. The van der Waals surface area contributed by atoms with Crippen molar-refractivity contribution in [1.29, 1.82) is 10.5 Å². The maximum Gasteiger partial charge on any atom is 0.239 e. The Morgan fingerprint density at radius 3 is 2.69 bits per heavy atom. The van der Waals surface area contributed by atoms with Crippen molar-refractivity contribution in [1.82, 2.24) is 9.78 Å². The van der Waals surface area contributed by atoms with Crippen LogP contribution in [0.15, 0.2) is 29.5 Å². The van der Waals surface area contributed by atoms with Gasteiger partial charge < -0.3 is 14.8 Å². The lowest BCUT2D eigenvalue weighted by atomic mass is 9.82. The normalized spacial score (nSPS) is 15.5. The van der Waals surface area contributed by atoms with Gasteiger partial charge in [0.25, 0.3) is 0 Å². The van der Waals surface area contributed by atoms with E-state index in [2.05, 4.69) is 22.6 Å². The van der Waals surface area contributed by atoms with Gasteiger partial charge in [-0.2, -0.15) is 10.5 Å². The second kappa shape index (κ2) is 6.81. The molecule has 0 spiro atoms. The molecule has 2 aromatic rings. The van der Waals surface area contributed by atoms with Gasteiger partial charge >= 0.3 is 0 Å². The Kier molecular flexibility index (Phi) is 4.55. The Morgan fingerprint density at radius 2 is 2.08 bits per heavy atom. The van der Waals surface area contributed by atoms with Crippen LogP contribution in [-0.4, -0.2) is 23.5 Å². The summed E-state index contributed by atoms with van der Waals surface area (Å²) in [4.78, 5) is 0.